The van der Waals surface area contributed by atoms with Crippen molar-refractivity contribution >= 4 is 11.9 Å². The van der Waals surface area contributed by atoms with Gasteiger partial charge in [-0.2, -0.15) is 5.10 Å². The summed E-state index contributed by atoms with van der Waals surface area (Å²) in [5.74, 6) is 0.0699. The van der Waals surface area contributed by atoms with Crippen LogP contribution in [0.2, 0.25) is 0 Å². The number of rotatable bonds is 7. The lowest BCUT2D eigenvalue weighted by Gasteiger charge is -2.36. The summed E-state index contributed by atoms with van der Waals surface area (Å²) in [7, 11) is 0. The topological polar surface area (TPSA) is 64.4 Å². The molecular formula is C24H29N3O3. The molecular weight excluding hydrogens is 378 g/mol. The van der Waals surface area contributed by atoms with Crippen LogP contribution in [0.5, 0.6) is 0 Å². The van der Waals surface area contributed by atoms with E-state index in [-0.39, 0.29) is 29.4 Å². The van der Waals surface area contributed by atoms with Crippen LogP contribution in [-0.4, -0.2) is 45.2 Å². The molecule has 0 N–H and O–H groups in total. The zero-order valence-corrected chi connectivity index (χ0v) is 17.5. The van der Waals surface area contributed by atoms with Crippen molar-refractivity contribution < 1.29 is 14.3 Å². The molecule has 3 fully saturated rings. The van der Waals surface area contributed by atoms with Crippen LogP contribution in [0.15, 0.2) is 48.8 Å². The van der Waals surface area contributed by atoms with E-state index in [1.165, 1.54) is 0 Å². The normalized spacial score (nSPS) is 28.5. The SMILES string of the molecule is CCOC(=O)[C@@]1(Cc2ccccc2)C[C@H]2CC[C@@H]1N2C(=O)C1(Cn2cccn2)CC1. The van der Waals surface area contributed by atoms with E-state index in [1.54, 1.807) is 6.20 Å². The Labute approximate surface area is 177 Å². The van der Waals surface area contributed by atoms with E-state index in [9.17, 15) is 9.59 Å². The molecule has 2 aromatic rings. The maximum absolute atomic E-state index is 13.8. The smallest absolute Gasteiger partial charge is 0.314 e. The lowest BCUT2D eigenvalue weighted by molar-refractivity contribution is -0.158. The first kappa shape index (κ1) is 19.3. The number of nitrogens with zero attached hydrogens (tertiary/aromatic N) is 3. The fraction of sp³-hybridized carbons (Fsp3) is 0.542. The highest BCUT2D eigenvalue weighted by Crippen LogP contribution is 2.57. The third kappa shape index (κ3) is 3.04. The number of benzene rings is 1. The van der Waals surface area contributed by atoms with Gasteiger partial charge in [0.2, 0.25) is 5.91 Å². The van der Waals surface area contributed by atoms with Crippen molar-refractivity contribution in [2.24, 2.45) is 10.8 Å². The number of hydrogen-bond donors (Lipinski definition) is 0. The summed E-state index contributed by atoms with van der Waals surface area (Å²) in [6, 6.07) is 12.1. The van der Waals surface area contributed by atoms with Gasteiger partial charge in [-0.15, -0.1) is 0 Å². The lowest BCUT2D eigenvalue weighted by Crippen LogP contribution is -2.49. The van der Waals surface area contributed by atoms with Crippen molar-refractivity contribution in [3.05, 3.63) is 54.4 Å². The first-order valence-corrected chi connectivity index (χ1v) is 11.1. The number of carbonyl (C=O) groups excluding carboxylic acids is 2. The predicted octanol–water partition coefficient (Wildman–Crippen LogP) is 3.22. The molecule has 1 aromatic heterocycles. The van der Waals surface area contributed by atoms with Crippen LogP contribution in [0.25, 0.3) is 0 Å². The van der Waals surface area contributed by atoms with Crippen molar-refractivity contribution in [2.45, 2.75) is 64.1 Å². The summed E-state index contributed by atoms with van der Waals surface area (Å²) in [6.07, 6.45) is 8.65. The quantitative estimate of drug-likeness (QED) is 0.661. The van der Waals surface area contributed by atoms with Gasteiger partial charge in [0.1, 0.15) is 0 Å². The van der Waals surface area contributed by atoms with Gasteiger partial charge in [0.15, 0.2) is 0 Å². The minimum Gasteiger partial charge on any atom is -0.465 e. The van der Waals surface area contributed by atoms with E-state index < -0.39 is 5.41 Å². The van der Waals surface area contributed by atoms with E-state index in [1.807, 2.05) is 42.1 Å². The van der Waals surface area contributed by atoms with E-state index in [4.69, 9.17) is 4.74 Å². The van der Waals surface area contributed by atoms with Crippen LogP contribution in [0.1, 0.15) is 44.6 Å². The molecule has 3 atom stereocenters. The zero-order valence-electron chi connectivity index (χ0n) is 17.5. The molecule has 2 aliphatic heterocycles. The van der Waals surface area contributed by atoms with Crippen LogP contribution in [0.3, 0.4) is 0 Å². The van der Waals surface area contributed by atoms with Crippen LogP contribution < -0.4 is 0 Å². The van der Waals surface area contributed by atoms with E-state index >= 15 is 0 Å². The summed E-state index contributed by atoms with van der Waals surface area (Å²) in [5.41, 5.74) is 0.130. The standard InChI is InChI=1S/C24H29N3O3/c1-2-30-22(29)24(15-18-7-4-3-5-8-18)16-19-9-10-20(24)27(19)21(28)23(11-12-23)17-26-14-6-13-25-26/h3-8,13-14,19-20H,2,9-12,15-17H2,1H3/t19-,20+,24+/m1/s1. The van der Waals surface area contributed by atoms with Crippen LogP contribution in [-0.2, 0) is 27.3 Å². The molecule has 5 rings (SSSR count). The Hall–Kier alpha value is -2.63. The highest BCUT2D eigenvalue weighted by Gasteiger charge is 2.65. The third-order valence-corrected chi connectivity index (χ3v) is 7.35. The first-order valence-electron chi connectivity index (χ1n) is 11.1. The average molecular weight is 408 g/mol. The molecule has 3 heterocycles. The lowest BCUT2D eigenvalue weighted by atomic mass is 9.70. The molecule has 6 nitrogen and oxygen atoms in total. The maximum Gasteiger partial charge on any atom is 0.314 e. The molecule has 1 amide bonds. The van der Waals surface area contributed by atoms with Gasteiger partial charge in [0.05, 0.1) is 24.0 Å². The second-order valence-corrected chi connectivity index (χ2v) is 9.19. The number of esters is 1. The van der Waals surface area contributed by atoms with Gasteiger partial charge < -0.3 is 9.64 Å². The Morgan fingerprint density at radius 1 is 1.17 bits per heavy atom. The summed E-state index contributed by atoms with van der Waals surface area (Å²) >= 11 is 0. The molecule has 0 radical (unpaired) electrons. The molecule has 2 saturated heterocycles. The number of hydrogen-bond acceptors (Lipinski definition) is 4. The van der Waals surface area contributed by atoms with Gasteiger partial charge >= 0.3 is 5.97 Å². The number of fused-ring (bicyclic) bond motifs is 2. The number of carbonyl (C=O) groups is 2. The zero-order chi connectivity index (χ0) is 20.8. The summed E-state index contributed by atoms with van der Waals surface area (Å²) in [4.78, 5) is 29.1. The molecule has 1 saturated carbocycles. The van der Waals surface area contributed by atoms with Crippen molar-refractivity contribution in [3.63, 3.8) is 0 Å². The molecule has 30 heavy (non-hydrogen) atoms. The fourth-order valence-electron chi connectivity index (χ4n) is 5.77. The molecule has 6 heteroatoms. The van der Waals surface area contributed by atoms with Crippen molar-refractivity contribution in [2.75, 3.05) is 6.61 Å². The molecule has 158 valence electrons. The summed E-state index contributed by atoms with van der Waals surface area (Å²) in [6.45, 7) is 2.84. The summed E-state index contributed by atoms with van der Waals surface area (Å²) in [5, 5.41) is 4.31. The van der Waals surface area contributed by atoms with Crippen molar-refractivity contribution in [1.82, 2.24) is 14.7 Å². The highest BCUT2D eigenvalue weighted by atomic mass is 16.5. The Morgan fingerprint density at radius 3 is 2.63 bits per heavy atom. The average Bonchev–Trinajstić information content (AvgIpc) is 3.07. The van der Waals surface area contributed by atoms with E-state index in [0.717, 1.165) is 31.2 Å². The van der Waals surface area contributed by atoms with Crippen LogP contribution in [0.4, 0.5) is 0 Å². The van der Waals surface area contributed by atoms with Gasteiger partial charge in [0.25, 0.3) is 0 Å². The Morgan fingerprint density at radius 2 is 1.97 bits per heavy atom. The molecule has 2 bridgehead atoms. The molecule has 1 aromatic carbocycles. The molecule has 3 aliphatic rings. The van der Waals surface area contributed by atoms with E-state index in [0.29, 0.717) is 26.0 Å². The number of ether oxygens (including phenoxy) is 1. The molecule has 0 unspecified atom stereocenters. The first-order chi connectivity index (χ1) is 14.6. The minimum absolute atomic E-state index is 0.0793. The van der Waals surface area contributed by atoms with Gasteiger partial charge in [-0.25, -0.2) is 0 Å². The third-order valence-electron chi connectivity index (χ3n) is 7.35. The number of aromatic nitrogens is 2. The molecule has 0 spiro atoms. The maximum atomic E-state index is 13.8. The Bertz CT molecular complexity index is 922. The fourth-order valence-corrected chi connectivity index (χ4v) is 5.77. The largest absolute Gasteiger partial charge is 0.465 e. The van der Waals surface area contributed by atoms with Gasteiger partial charge in [-0.1, -0.05) is 30.3 Å². The highest BCUT2D eigenvalue weighted by molar-refractivity contribution is 5.89. The van der Waals surface area contributed by atoms with Crippen molar-refractivity contribution in [1.29, 1.82) is 0 Å². The summed E-state index contributed by atoms with van der Waals surface area (Å²) < 4.78 is 7.44. The van der Waals surface area contributed by atoms with Crippen LogP contribution in [0, 0.1) is 10.8 Å². The van der Waals surface area contributed by atoms with Gasteiger partial charge in [-0.05, 0) is 57.1 Å². The second-order valence-electron chi connectivity index (χ2n) is 9.19. The number of amides is 1. The Balaban J connectivity index is 1.44. The molecule has 1 aliphatic carbocycles. The monoisotopic (exact) mass is 407 g/mol. The van der Waals surface area contributed by atoms with Gasteiger partial charge in [0, 0.05) is 24.5 Å². The van der Waals surface area contributed by atoms with Crippen molar-refractivity contribution in [3.8, 4) is 0 Å². The predicted molar refractivity (Wildman–Crippen MR) is 111 cm³/mol. The minimum atomic E-state index is -0.641. The second kappa shape index (κ2) is 7.25. The Kier molecular flexibility index (Phi) is 4.68. The van der Waals surface area contributed by atoms with E-state index in [2.05, 4.69) is 22.1 Å². The van der Waals surface area contributed by atoms with Crippen LogP contribution >= 0.6 is 0 Å². The van der Waals surface area contributed by atoms with Gasteiger partial charge in [-0.3, -0.25) is 14.3 Å².